The number of carbonyl (C=O) groups is 2. The van der Waals surface area contributed by atoms with E-state index >= 15 is 0 Å². The molecule has 27 heavy (non-hydrogen) atoms. The van der Waals surface area contributed by atoms with Crippen LogP contribution < -0.4 is 5.32 Å². The van der Waals surface area contributed by atoms with E-state index in [0.717, 1.165) is 37.9 Å². The number of aromatic amines is 1. The Labute approximate surface area is 160 Å². The standard InChI is InChI=1S/C20H31N5O2/c1-24(13-17-15-8-4-5-9-16(15)22-23-17)19(26)12-18-20(27)21-10-11-25(18)14-6-2-3-7-14/h14,18H,2-13H2,1H3,(H,21,27)(H,22,23)/t18-/m0/s1. The molecule has 1 saturated heterocycles. The lowest BCUT2D eigenvalue weighted by atomic mass is 9.96. The molecule has 1 aromatic rings. The molecule has 3 aliphatic rings. The van der Waals surface area contributed by atoms with Crippen LogP contribution in [0.15, 0.2) is 0 Å². The third-order valence-electron chi connectivity index (χ3n) is 6.49. The lowest BCUT2D eigenvalue weighted by Gasteiger charge is -2.39. The van der Waals surface area contributed by atoms with Gasteiger partial charge >= 0.3 is 0 Å². The summed E-state index contributed by atoms with van der Waals surface area (Å²) >= 11 is 0. The highest BCUT2D eigenvalue weighted by Gasteiger charge is 2.37. The predicted molar refractivity (Wildman–Crippen MR) is 102 cm³/mol. The smallest absolute Gasteiger partial charge is 0.237 e. The number of hydrogen-bond acceptors (Lipinski definition) is 4. The summed E-state index contributed by atoms with van der Waals surface area (Å²) in [6, 6.07) is 0.127. The zero-order chi connectivity index (χ0) is 18.8. The predicted octanol–water partition coefficient (Wildman–Crippen LogP) is 1.38. The Morgan fingerprint density at radius 2 is 2.00 bits per heavy atom. The van der Waals surface area contributed by atoms with Gasteiger partial charge in [-0.2, -0.15) is 5.10 Å². The first kappa shape index (κ1) is 18.5. The number of carbonyl (C=O) groups excluding carboxylic acids is 2. The van der Waals surface area contributed by atoms with Crippen LogP contribution in [0.1, 0.15) is 61.9 Å². The van der Waals surface area contributed by atoms with E-state index in [0.29, 0.717) is 19.1 Å². The van der Waals surface area contributed by atoms with Gasteiger partial charge in [0.25, 0.3) is 0 Å². The molecule has 0 spiro atoms. The summed E-state index contributed by atoms with van der Waals surface area (Å²) in [6.45, 7) is 2.06. The van der Waals surface area contributed by atoms with Crippen LogP contribution >= 0.6 is 0 Å². The molecule has 2 aliphatic carbocycles. The minimum absolute atomic E-state index is 0.00653. The van der Waals surface area contributed by atoms with E-state index in [1.54, 1.807) is 4.90 Å². The van der Waals surface area contributed by atoms with Crippen LogP contribution in [0.4, 0.5) is 0 Å². The van der Waals surface area contributed by atoms with Crippen molar-refractivity contribution >= 4 is 11.8 Å². The minimum atomic E-state index is -0.329. The van der Waals surface area contributed by atoms with Crippen LogP contribution in [0.25, 0.3) is 0 Å². The summed E-state index contributed by atoms with van der Waals surface area (Å²) in [5.74, 6) is 0.0275. The molecule has 7 heteroatoms. The van der Waals surface area contributed by atoms with Crippen molar-refractivity contribution < 1.29 is 9.59 Å². The summed E-state index contributed by atoms with van der Waals surface area (Å²) in [6.07, 6.45) is 9.50. The summed E-state index contributed by atoms with van der Waals surface area (Å²) < 4.78 is 0. The van der Waals surface area contributed by atoms with Crippen molar-refractivity contribution in [1.29, 1.82) is 0 Å². The normalized spacial score (nSPS) is 23.9. The molecule has 0 bridgehead atoms. The molecule has 0 unspecified atom stereocenters. The topological polar surface area (TPSA) is 81.3 Å². The molecule has 0 radical (unpaired) electrons. The number of aromatic nitrogens is 2. The molecule has 2 amide bonds. The highest BCUT2D eigenvalue weighted by Crippen LogP contribution is 2.27. The highest BCUT2D eigenvalue weighted by molar-refractivity contribution is 5.88. The van der Waals surface area contributed by atoms with Crippen LogP contribution in [0.3, 0.4) is 0 Å². The molecular weight excluding hydrogens is 342 g/mol. The average molecular weight is 374 g/mol. The second-order valence-corrected chi connectivity index (χ2v) is 8.27. The SMILES string of the molecule is CN(Cc1n[nH]c2c1CCCC2)C(=O)C[C@H]1C(=O)NCCN1C1CCCC1. The van der Waals surface area contributed by atoms with Crippen LogP contribution in [-0.4, -0.2) is 64.0 Å². The van der Waals surface area contributed by atoms with Crippen molar-refractivity contribution in [3.63, 3.8) is 0 Å². The molecule has 2 N–H and O–H groups in total. The minimum Gasteiger partial charge on any atom is -0.353 e. The van der Waals surface area contributed by atoms with Gasteiger partial charge in [0.1, 0.15) is 0 Å². The Hall–Kier alpha value is -1.89. The summed E-state index contributed by atoms with van der Waals surface area (Å²) in [4.78, 5) is 29.4. The molecule has 0 aromatic carbocycles. The van der Waals surface area contributed by atoms with Gasteiger partial charge in [0.2, 0.25) is 11.8 Å². The third kappa shape index (κ3) is 3.88. The van der Waals surface area contributed by atoms with Gasteiger partial charge in [0, 0.05) is 31.9 Å². The number of amides is 2. The number of rotatable bonds is 5. The van der Waals surface area contributed by atoms with E-state index in [1.807, 2.05) is 7.05 Å². The molecule has 1 saturated carbocycles. The Morgan fingerprint density at radius 3 is 2.81 bits per heavy atom. The molecule has 4 rings (SSSR count). The summed E-state index contributed by atoms with van der Waals surface area (Å²) in [5.41, 5.74) is 3.52. The van der Waals surface area contributed by atoms with Gasteiger partial charge in [-0.25, -0.2) is 0 Å². The molecular formula is C20H31N5O2. The van der Waals surface area contributed by atoms with Gasteiger partial charge < -0.3 is 10.2 Å². The maximum Gasteiger partial charge on any atom is 0.237 e. The first-order valence-corrected chi connectivity index (χ1v) is 10.5. The molecule has 2 heterocycles. The van der Waals surface area contributed by atoms with Crippen molar-refractivity contribution in [2.75, 3.05) is 20.1 Å². The van der Waals surface area contributed by atoms with Crippen LogP contribution in [-0.2, 0) is 29.0 Å². The van der Waals surface area contributed by atoms with Crippen molar-refractivity contribution in [1.82, 2.24) is 25.3 Å². The van der Waals surface area contributed by atoms with Crippen molar-refractivity contribution in [2.45, 2.75) is 76.4 Å². The first-order chi connectivity index (χ1) is 13.1. The van der Waals surface area contributed by atoms with E-state index in [9.17, 15) is 9.59 Å². The van der Waals surface area contributed by atoms with Crippen molar-refractivity contribution in [3.05, 3.63) is 17.0 Å². The average Bonchev–Trinajstić information content (AvgIpc) is 3.34. The van der Waals surface area contributed by atoms with Gasteiger partial charge in [0.15, 0.2) is 0 Å². The van der Waals surface area contributed by atoms with Gasteiger partial charge in [-0.05, 0) is 44.1 Å². The number of piperazine rings is 1. The number of H-pyrrole nitrogens is 1. The number of fused-ring (bicyclic) bond motifs is 1. The van der Waals surface area contributed by atoms with Gasteiger partial charge in [-0.3, -0.25) is 19.6 Å². The number of aryl methyl sites for hydroxylation is 1. The molecule has 1 aromatic heterocycles. The van der Waals surface area contributed by atoms with E-state index in [1.165, 1.54) is 36.9 Å². The second-order valence-electron chi connectivity index (χ2n) is 8.27. The van der Waals surface area contributed by atoms with Gasteiger partial charge in [0.05, 0.1) is 24.7 Å². The maximum absolute atomic E-state index is 12.9. The van der Waals surface area contributed by atoms with Crippen molar-refractivity contribution in [3.8, 4) is 0 Å². The van der Waals surface area contributed by atoms with E-state index in [4.69, 9.17) is 0 Å². The second kappa shape index (κ2) is 8.00. The molecule has 2 fully saturated rings. The summed E-state index contributed by atoms with van der Waals surface area (Å²) in [5, 5.41) is 10.5. The van der Waals surface area contributed by atoms with Crippen LogP contribution in [0.2, 0.25) is 0 Å². The largest absolute Gasteiger partial charge is 0.353 e. The van der Waals surface area contributed by atoms with Crippen LogP contribution in [0.5, 0.6) is 0 Å². The number of nitrogens with one attached hydrogen (secondary N) is 2. The van der Waals surface area contributed by atoms with E-state index in [2.05, 4.69) is 20.4 Å². The summed E-state index contributed by atoms with van der Waals surface area (Å²) in [7, 11) is 1.83. The van der Waals surface area contributed by atoms with Crippen LogP contribution in [0, 0.1) is 0 Å². The Morgan fingerprint density at radius 1 is 1.22 bits per heavy atom. The van der Waals surface area contributed by atoms with Gasteiger partial charge in [-0.15, -0.1) is 0 Å². The Balaban J connectivity index is 1.40. The monoisotopic (exact) mass is 373 g/mol. The zero-order valence-corrected chi connectivity index (χ0v) is 16.3. The fourth-order valence-electron chi connectivity index (χ4n) is 4.93. The first-order valence-electron chi connectivity index (χ1n) is 10.5. The quantitative estimate of drug-likeness (QED) is 0.817. The number of hydrogen-bond donors (Lipinski definition) is 2. The maximum atomic E-state index is 12.9. The van der Waals surface area contributed by atoms with Gasteiger partial charge in [-0.1, -0.05) is 12.8 Å². The lowest BCUT2D eigenvalue weighted by Crippen LogP contribution is -2.59. The Bertz CT molecular complexity index is 695. The highest BCUT2D eigenvalue weighted by atomic mass is 16.2. The molecule has 7 nitrogen and oxygen atoms in total. The van der Waals surface area contributed by atoms with Crippen molar-refractivity contribution in [2.24, 2.45) is 0 Å². The number of nitrogens with zero attached hydrogens (tertiary/aromatic N) is 3. The fourth-order valence-corrected chi connectivity index (χ4v) is 4.93. The molecule has 148 valence electrons. The Kier molecular flexibility index (Phi) is 5.48. The fraction of sp³-hybridized carbons (Fsp3) is 0.750. The molecule has 1 atom stereocenters. The third-order valence-corrected chi connectivity index (χ3v) is 6.49. The van der Waals surface area contributed by atoms with E-state index < -0.39 is 0 Å². The zero-order valence-electron chi connectivity index (χ0n) is 16.3. The lowest BCUT2D eigenvalue weighted by molar-refractivity contribution is -0.139. The van der Waals surface area contributed by atoms with E-state index in [-0.39, 0.29) is 24.3 Å². The molecule has 1 aliphatic heterocycles.